The van der Waals surface area contributed by atoms with Gasteiger partial charge in [-0.2, -0.15) is 0 Å². The molecule has 1 amide bonds. The van der Waals surface area contributed by atoms with E-state index in [2.05, 4.69) is 36.0 Å². The third-order valence-corrected chi connectivity index (χ3v) is 5.71. The highest BCUT2D eigenvalue weighted by molar-refractivity contribution is 5.78. The summed E-state index contributed by atoms with van der Waals surface area (Å²) in [6.07, 6.45) is 7.35. The van der Waals surface area contributed by atoms with Crippen molar-refractivity contribution in [2.75, 3.05) is 19.6 Å². The molecule has 1 aliphatic heterocycles. The van der Waals surface area contributed by atoms with Crippen LogP contribution in [-0.2, 0) is 24.1 Å². The fourth-order valence-electron chi connectivity index (χ4n) is 4.08. The molecule has 2 heterocycles. The normalized spacial score (nSPS) is 19.0. The van der Waals surface area contributed by atoms with Gasteiger partial charge in [-0.05, 0) is 77.9 Å². The van der Waals surface area contributed by atoms with Crippen molar-refractivity contribution in [1.82, 2.24) is 20.2 Å². The summed E-state index contributed by atoms with van der Waals surface area (Å²) < 4.78 is 0. The van der Waals surface area contributed by atoms with E-state index >= 15 is 0 Å². The van der Waals surface area contributed by atoms with Crippen LogP contribution in [0.3, 0.4) is 0 Å². The van der Waals surface area contributed by atoms with E-state index in [0.717, 1.165) is 56.7 Å². The maximum absolute atomic E-state index is 12.4. The second-order valence-corrected chi connectivity index (χ2v) is 7.80. The number of nitrogens with one attached hydrogen (secondary N) is 1. The van der Waals surface area contributed by atoms with Gasteiger partial charge in [-0.3, -0.25) is 4.79 Å². The number of fused-ring (bicyclic) bond motifs is 1. The minimum Gasteiger partial charge on any atom is -0.355 e. The SMILES string of the molecule is Cc1nc(CCNC(=O)C2CCN(C(C)C)CC2)nc2c1CCCC2. The van der Waals surface area contributed by atoms with Crippen molar-refractivity contribution in [3.63, 3.8) is 0 Å². The molecule has 0 atom stereocenters. The van der Waals surface area contributed by atoms with Gasteiger partial charge >= 0.3 is 0 Å². The first-order valence-electron chi connectivity index (χ1n) is 9.91. The molecule has 1 fully saturated rings. The monoisotopic (exact) mass is 344 g/mol. The average Bonchev–Trinajstić information content (AvgIpc) is 2.62. The van der Waals surface area contributed by atoms with Crippen molar-refractivity contribution in [1.29, 1.82) is 0 Å². The van der Waals surface area contributed by atoms with Gasteiger partial charge in [-0.1, -0.05) is 0 Å². The second kappa shape index (κ2) is 8.26. The molecule has 1 aromatic rings. The van der Waals surface area contributed by atoms with Gasteiger partial charge in [0.2, 0.25) is 5.91 Å². The fraction of sp³-hybridized carbons (Fsp3) is 0.750. The van der Waals surface area contributed by atoms with E-state index < -0.39 is 0 Å². The summed E-state index contributed by atoms with van der Waals surface area (Å²) in [6.45, 7) is 9.24. The first kappa shape index (κ1) is 18.3. The number of nitrogens with zero attached hydrogens (tertiary/aromatic N) is 3. The Hall–Kier alpha value is -1.49. The third-order valence-electron chi connectivity index (χ3n) is 5.71. The molecule has 0 aromatic carbocycles. The number of hydrogen-bond acceptors (Lipinski definition) is 4. The summed E-state index contributed by atoms with van der Waals surface area (Å²) in [5, 5.41) is 3.11. The number of likely N-dealkylation sites (tertiary alicyclic amines) is 1. The van der Waals surface area contributed by atoms with Crippen molar-refractivity contribution in [2.24, 2.45) is 5.92 Å². The maximum atomic E-state index is 12.4. The van der Waals surface area contributed by atoms with Crippen LogP contribution in [0.1, 0.15) is 62.3 Å². The van der Waals surface area contributed by atoms with E-state index in [9.17, 15) is 4.79 Å². The van der Waals surface area contributed by atoms with Crippen molar-refractivity contribution < 1.29 is 4.79 Å². The van der Waals surface area contributed by atoms with Crippen molar-refractivity contribution in [2.45, 2.75) is 71.8 Å². The predicted molar refractivity (Wildman–Crippen MR) is 99.6 cm³/mol. The molecule has 0 unspecified atom stereocenters. The number of piperidine rings is 1. The first-order valence-corrected chi connectivity index (χ1v) is 9.91. The van der Waals surface area contributed by atoms with Crippen LogP contribution in [0.15, 0.2) is 0 Å². The summed E-state index contributed by atoms with van der Waals surface area (Å²) in [5.41, 5.74) is 3.73. The molecule has 0 radical (unpaired) electrons. The Morgan fingerprint density at radius 2 is 1.92 bits per heavy atom. The van der Waals surface area contributed by atoms with Crippen molar-refractivity contribution in [3.05, 3.63) is 22.8 Å². The van der Waals surface area contributed by atoms with E-state index in [-0.39, 0.29) is 11.8 Å². The largest absolute Gasteiger partial charge is 0.355 e. The van der Waals surface area contributed by atoms with Gasteiger partial charge in [0.15, 0.2) is 0 Å². The third kappa shape index (κ3) is 4.57. The van der Waals surface area contributed by atoms with Gasteiger partial charge in [0, 0.05) is 36.3 Å². The average molecular weight is 345 g/mol. The van der Waals surface area contributed by atoms with Gasteiger partial charge in [-0.25, -0.2) is 9.97 Å². The molecule has 0 bridgehead atoms. The van der Waals surface area contributed by atoms with E-state index in [0.29, 0.717) is 12.6 Å². The summed E-state index contributed by atoms with van der Waals surface area (Å²) in [6, 6.07) is 0.577. The second-order valence-electron chi connectivity index (χ2n) is 7.80. The molecule has 0 spiro atoms. The van der Waals surface area contributed by atoms with Crippen molar-refractivity contribution >= 4 is 5.91 Å². The number of aryl methyl sites for hydroxylation is 2. The smallest absolute Gasteiger partial charge is 0.223 e. The fourth-order valence-corrected chi connectivity index (χ4v) is 4.08. The molecule has 5 nitrogen and oxygen atoms in total. The van der Waals surface area contributed by atoms with Crippen LogP contribution >= 0.6 is 0 Å². The van der Waals surface area contributed by atoms with Crippen LogP contribution in [-0.4, -0.2) is 46.5 Å². The number of rotatable bonds is 5. The highest BCUT2D eigenvalue weighted by atomic mass is 16.1. The van der Waals surface area contributed by atoms with Gasteiger partial charge in [-0.15, -0.1) is 0 Å². The zero-order chi connectivity index (χ0) is 17.8. The Morgan fingerprint density at radius 1 is 1.20 bits per heavy atom. The van der Waals surface area contributed by atoms with Crippen molar-refractivity contribution in [3.8, 4) is 0 Å². The highest BCUT2D eigenvalue weighted by Crippen LogP contribution is 2.22. The van der Waals surface area contributed by atoms with Gasteiger partial charge < -0.3 is 10.2 Å². The number of aromatic nitrogens is 2. The topological polar surface area (TPSA) is 58.1 Å². The Balaban J connectivity index is 1.47. The molecule has 1 N–H and O–H groups in total. The molecule has 138 valence electrons. The number of carbonyl (C=O) groups excluding carboxylic acids is 1. The van der Waals surface area contributed by atoms with E-state index in [1.807, 2.05) is 0 Å². The zero-order valence-electron chi connectivity index (χ0n) is 16.0. The molecule has 0 saturated carbocycles. The van der Waals surface area contributed by atoms with Crippen LogP contribution in [0.2, 0.25) is 0 Å². The zero-order valence-corrected chi connectivity index (χ0v) is 16.0. The number of hydrogen-bond donors (Lipinski definition) is 1. The molecule has 5 heteroatoms. The quantitative estimate of drug-likeness (QED) is 0.891. The van der Waals surface area contributed by atoms with Gasteiger partial charge in [0.1, 0.15) is 5.82 Å². The molecular formula is C20H32N4O. The summed E-state index contributed by atoms with van der Waals surface area (Å²) in [4.78, 5) is 24.2. The van der Waals surface area contributed by atoms with Crippen LogP contribution < -0.4 is 5.32 Å². The lowest BCUT2D eigenvalue weighted by atomic mass is 9.95. The number of carbonyl (C=O) groups is 1. The molecular weight excluding hydrogens is 312 g/mol. The molecule has 1 aromatic heterocycles. The molecule has 1 saturated heterocycles. The van der Waals surface area contributed by atoms with E-state index in [4.69, 9.17) is 4.98 Å². The standard InChI is InChI=1S/C20H32N4O/c1-14(2)24-12-9-16(10-13-24)20(25)21-11-8-19-22-15(3)17-6-4-5-7-18(17)23-19/h14,16H,4-13H2,1-3H3,(H,21,25). The predicted octanol–water partition coefficient (Wildman–Crippen LogP) is 2.44. The highest BCUT2D eigenvalue weighted by Gasteiger charge is 2.25. The van der Waals surface area contributed by atoms with Crippen LogP contribution in [0.25, 0.3) is 0 Å². The van der Waals surface area contributed by atoms with E-state index in [1.165, 1.54) is 24.1 Å². The molecule has 25 heavy (non-hydrogen) atoms. The molecule has 2 aliphatic rings. The Morgan fingerprint density at radius 3 is 2.64 bits per heavy atom. The Kier molecular flexibility index (Phi) is 6.05. The lowest BCUT2D eigenvalue weighted by Gasteiger charge is -2.33. The van der Waals surface area contributed by atoms with Crippen LogP contribution in [0.5, 0.6) is 0 Å². The minimum atomic E-state index is 0.168. The number of amides is 1. The Labute approximate surface area is 151 Å². The molecule has 3 rings (SSSR count). The van der Waals surface area contributed by atoms with Gasteiger partial charge in [0.25, 0.3) is 0 Å². The first-order chi connectivity index (χ1) is 12.0. The maximum Gasteiger partial charge on any atom is 0.223 e. The lowest BCUT2D eigenvalue weighted by Crippen LogP contribution is -2.43. The summed E-state index contributed by atoms with van der Waals surface area (Å²) in [7, 11) is 0. The summed E-state index contributed by atoms with van der Waals surface area (Å²) in [5.74, 6) is 1.26. The minimum absolute atomic E-state index is 0.168. The van der Waals surface area contributed by atoms with Crippen LogP contribution in [0.4, 0.5) is 0 Å². The van der Waals surface area contributed by atoms with Crippen LogP contribution in [0, 0.1) is 12.8 Å². The van der Waals surface area contributed by atoms with E-state index in [1.54, 1.807) is 0 Å². The Bertz CT molecular complexity index is 606. The summed E-state index contributed by atoms with van der Waals surface area (Å²) >= 11 is 0. The lowest BCUT2D eigenvalue weighted by molar-refractivity contribution is -0.126. The molecule has 1 aliphatic carbocycles. The van der Waals surface area contributed by atoms with Gasteiger partial charge in [0.05, 0.1) is 0 Å².